The van der Waals surface area contributed by atoms with Crippen LogP contribution in [0.2, 0.25) is 0 Å². The van der Waals surface area contributed by atoms with E-state index < -0.39 is 6.10 Å². The minimum Gasteiger partial charge on any atom is -0.462 e. The van der Waals surface area contributed by atoms with E-state index in [1.54, 1.807) is 0 Å². The molecule has 0 aliphatic rings. The van der Waals surface area contributed by atoms with E-state index in [1.807, 2.05) is 0 Å². The van der Waals surface area contributed by atoms with Crippen molar-refractivity contribution < 1.29 is 28.6 Å². The Bertz CT molecular complexity index is 1250. The van der Waals surface area contributed by atoms with Crippen molar-refractivity contribution in [1.82, 2.24) is 0 Å². The van der Waals surface area contributed by atoms with E-state index in [4.69, 9.17) is 14.2 Å². The van der Waals surface area contributed by atoms with Crippen molar-refractivity contribution in [2.24, 2.45) is 0 Å². The molecule has 0 saturated heterocycles. The highest BCUT2D eigenvalue weighted by Gasteiger charge is 2.19. The van der Waals surface area contributed by atoms with Gasteiger partial charge in [-0.25, -0.2) is 0 Å². The minimum atomic E-state index is -0.796. The van der Waals surface area contributed by atoms with Gasteiger partial charge in [0.1, 0.15) is 13.2 Å². The number of carbonyl (C=O) groups is 3. The van der Waals surface area contributed by atoms with Crippen LogP contribution in [0.4, 0.5) is 0 Å². The molecule has 0 heterocycles. The number of carbonyl (C=O) groups excluding carboxylic acids is 3. The molecule has 0 aliphatic carbocycles. The monoisotopic (exact) mass is 891 g/mol. The standard InChI is InChI=1S/C58H98O6/c1-4-7-10-13-16-19-22-25-27-28-29-30-31-34-36-39-42-45-48-51-57(60)63-54-55(53-62-56(59)50-47-44-41-38-35-32-24-21-18-15-12-9-6-3)64-58(61)52-49-46-43-40-37-33-26-23-20-17-14-11-8-5-2/h7-8,10-11,16-17,19-20,25-27,32-33,35,55H,4-6,9,12-15,18,21-24,28-31,34,36-54H2,1-3H3/b10-7-,11-8-,19-16-,20-17-,27-25-,33-26-,35-32-. The van der Waals surface area contributed by atoms with Gasteiger partial charge in [0.05, 0.1) is 0 Å². The second-order valence-corrected chi connectivity index (χ2v) is 17.4. The van der Waals surface area contributed by atoms with Crippen molar-refractivity contribution in [3.8, 4) is 0 Å². The summed E-state index contributed by atoms with van der Waals surface area (Å²) >= 11 is 0. The lowest BCUT2D eigenvalue weighted by atomic mass is 10.1. The van der Waals surface area contributed by atoms with E-state index in [1.165, 1.54) is 83.5 Å². The Kier molecular flexibility index (Phi) is 49.4. The molecule has 0 bridgehead atoms. The second-order valence-electron chi connectivity index (χ2n) is 17.4. The summed E-state index contributed by atoms with van der Waals surface area (Å²) in [7, 11) is 0. The molecule has 0 aromatic heterocycles. The number of hydrogen-bond donors (Lipinski definition) is 0. The molecule has 0 aromatic carbocycles. The third-order valence-electron chi connectivity index (χ3n) is 11.1. The van der Waals surface area contributed by atoms with E-state index in [9.17, 15) is 14.4 Å². The predicted octanol–water partition coefficient (Wildman–Crippen LogP) is 17.6. The molecular formula is C58H98O6. The summed E-state index contributed by atoms with van der Waals surface area (Å²) in [5, 5.41) is 0. The van der Waals surface area contributed by atoms with Crippen LogP contribution in [0.1, 0.15) is 245 Å². The smallest absolute Gasteiger partial charge is 0.306 e. The largest absolute Gasteiger partial charge is 0.462 e. The van der Waals surface area contributed by atoms with Gasteiger partial charge in [0.2, 0.25) is 0 Å². The van der Waals surface area contributed by atoms with Crippen LogP contribution in [0, 0.1) is 0 Å². The van der Waals surface area contributed by atoms with E-state index in [2.05, 4.69) is 106 Å². The van der Waals surface area contributed by atoms with Gasteiger partial charge in [-0.3, -0.25) is 14.4 Å². The first kappa shape index (κ1) is 60.6. The first-order valence-corrected chi connectivity index (χ1v) is 26.6. The molecule has 64 heavy (non-hydrogen) atoms. The Morgan fingerprint density at radius 3 is 0.984 bits per heavy atom. The summed E-state index contributed by atoms with van der Waals surface area (Å²) in [5.41, 5.74) is 0. The highest BCUT2D eigenvalue weighted by atomic mass is 16.6. The fraction of sp³-hybridized carbons (Fsp3) is 0.707. The zero-order valence-corrected chi connectivity index (χ0v) is 41.8. The summed E-state index contributed by atoms with van der Waals surface area (Å²) < 4.78 is 16.8. The molecule has 0 aromatic rings. The van der Waals surface area contributed by atoms with Crippen LogP contribution in [-0.2, 0) is 28.6 Å². The Labute approximate surface area is 395 Å². The number of rotatable bonds is 47. The highest BCUT2D eigenvalue weighted by Crippen LogP contribution is 2.14. The molecule has 1 atom stereocenters. The van der Waals surface area contributed by atoms with E-state index in [0.717, 1.165) is 122 Å². The quantitative estimate of drug-likeness (QED) is 0.0262. The zero-order chi connectivity index (χ0) is 46.5. The second kappa shape index (κ2) is 52.2. The zero-order valence-electron chi connectivity index (χ0n) is 41.8. The lowest BCUT2D eigenvalue weighted by molar-refractivity contribution is -0.167. The van der Waals surface area contributed by atoms with E-state index in [0.29, 0.717) is 19.3 Å². The van der Waals surface area contributed by atoms with Crippen LogP contribution >= 0.6 is 0 Å². The SMILES string of the molecule is CC/C=C\C/C=C\C/C=C\CCCCCCCCCCCC(=O)OCC(COC(=O)CCCCC/C=C\CCCCCCCC)OC(=O)CCCCCC/C=C\C/C=C\C/C=C\CC. The molecule has 0 amide bonds. The predicted molar refractivity (Wildman–Crippen MR) is 274 cm³/mol. The normalized spacial score (nSPS) is 12.7. The first-order chi connectivity index (χ1) is 31.5. The van der Waals surface area contributed by atoms with Crippen molar-refractivity contribution in [1.29, 1.82) is 0 Å². The molecule has 0 saturated carbocycles. The average Bonchev–Trinajstić information content (AvgIpc) is 3.29. The van der Waals surface area contributed by atoms with Crippen LogP contribution in [0.15, 0.2) is 85.1 Å². The molecule has 6 heteroatoms. The van der Waals surface area contributed by atoms with Crippen LogP contribution in [0.5, 0.6) is 0 Å². The Balaban J connectivity index is 4.41. The maximum atomic E-state index is 12.8. The number of unbranched alkanes of at least 4 members (excludes halogenated alkanes) is 22. The maximum Gasteiger partial charge on any atom is 0.306 e. The summed E-state index contributed by atoms with van der Waals surface area (Å²) in [5.74, 6) is -0.937. The third kappa shape index (κ3) is 49.6. The van der Waals surface area contributed by atoms with Crippen molar-refractivity contribution in [2.75, 3.05) is 13.2 Å². The van der Waals surface area contributed by atoms with Gasteiger partial charge in [-0.1, -0.05) is 202 Å². The van der Waals surface area contributed by atoms with Gasteiger partial charge in [0.15, 0.2) is 6.10 Å². The number of ether oxygens (including phenoxy) is 3. The molecule has 0 N–H and O–H groups in total. The number of hydrogen-bond acceptors (Lipinski definition) is 6. The molecule has 0 spiro atoms. The molecule has 0 aliphatic heterocycles. The third-order valence-corrected chi connectivity index (χ3v) is 11.1. The van der Waals surface area contributed by atoms with Crippen molar-refractivity contribution in [3.63, 3.8) is 0 Å². The van der Waals surface area contributed by atoms with Crippen LogP contribution in [0.25, 0.3) is 0 Å². The van der Waals surface area contributed by atoms with Gasteiger partial charge in [-0.05, 0) is 109 Å². The Morgan fingerprint density at radius 1 is 0.328 bits per heavy atom. The Morgan fingerprint density at radius 2 is 0.609 bits per heavy atom. The summed E-state index contributed by atoms with van der Waals surface area (Å²) in [6.07, 6.45) is 67.1. The van der Waals surface area contributed by atoms with Gasteiger partial charge < -0.3 is 14.2 Å². The lowest BCUT2D eigenvalue weighted by Crippen LogP contribution is -2.30. The average molecular weight is 891 g/mol. The molecule has 6 nitrogen and oxygen atoms in total. The van der Waals surface area contributed by atoms with Crippen molar-refractivity contribution in [2.45, 2.75) is 252 Å². The van der Waals surface area contributed by atoms with Crippen LogP contribution in [-0.4, -0.2) is 37.2 Å². The van der Waals surface area contributed by atoms with E-state index >= 15 is 0 Å². The highest BCUT2D eigenvalue weighted by molar-refractivity contribution is 5.71. The van der Waals surface area contributed by atoms with Gasteiger partial charge in [0, 0.05) is 19.3 Å². The van der Waals surface area contributed by atoms with E-state index in [-0.39, 0.29) is 31.1 Å². The fourth-order valence-corrected chi connectivity index (χ4v) is 7.17. The first-order valence-electron chi connectivity index (χ1n) is 26.6. The summed E-state index contributed by atoms with van der Waals surface area (Å²) in [6.45, 7) is 6.37. The fourth-order valence-electron chi connectivity index (χ4n) is 7.17. The van der Waals surface area contributed by atoms with Crippen LogP contribution in [0.3, 0.4) is 0 Å². The molecule has 1 unspecified atom stereocenters. The number of esters is 3. The topological polar surface area (TPSA) is 78.9 Å². The Hall–Kier alpha value is -3.41. The molecule has 366 valence electrons. The number of allylic oxidation sites excluding steroid dienone is 14. The van der Waals surface area contributed by atoms with Gasteiger partial charge >= 0.3 is 17.9 Å². The summed E-state index contributed by atoms with van der Waals surface area (Å²) in [4.78, 5) is 38.0. The maximum absolute atomic E-state index is 12.8. The van der Waals surface area contributed by atoms with Crippen molar-refractivity contribution >= 4 is 17.9 Å². The lowest BCUT2D eigenvalue weighted by Gasteiger charge is -2.18. The van der Waals surface area contributed by atoms with Gasteiger partial charge in [-0.15, -0.1) is 0 Å². The minimum absolute atomic E-state index is 0.0936. The molecule has 0 fully saturated rings. The molecule has 0 rings (SSSR count). The summed E-state index contributed by atoms with van der Waals surface area (Å²) in [6, 6.07) is 0. The van der Waals surface area contributed by atoms with Gasteiger partial charge in [0.25, 0.3) is 0 Å². The molecule has 0 radical (unpaired) electrons. The van der Waals surface area contributed by atoms with Crippen LogP contribution < -0.4 is 0 Å². The van der Waals surface area contributed by atoms with Gasteiger partial charge in [-0.2, -0.15) is 0 Å². The van der Waals surface area contributed by atoms with Crippen molar-refractivity contribution in [3.05, 3.63) is 85.1 Å². The molecular weight excluding hydrogens is 793 g/mol.